The lowest BCUT2D eigenvalue weighted by Gasteiger charge is -2.13. The number of carbonyl (C=O) groups is 2. The quantitative estimate of drug-likeness (QED) is 0.539. The summed E-state index contributed by atoms with van der Waals surface area (Å²) >= 11 is 13.2. The number of halogens is 2. The van der Waals surface area contributed by atoms with E-state index in [4.69, 9.17) is 32.7 Å². The summed E-state index contributed by atoms with van der Waals surface area (Å²) in [5.74, 6) is 0.191. The molecule has 27 heavy (non-hydrogen) atoms. The van der Waals surface area contributed by atoms with Gasteiger partial charge >= 0.3 is 0 Å². The number of amides is 2. The zero-order chi connectivity index (χ0) is 20.0. The molecule has 0 heterocycles. The van der Waals surface area contributed by atoms with E-state index >= 15 is 0 Å². The van der Waals surface area contributed by atoms with Crippen molar-refractivity contribution in [1.82, 2.24) is 10.9 Å². The van der Waals surface area contributed by atoms with Crippen molar-refractivity contribution in [1.29, 1.82) is 0 Å². The Balaban J connectivity index is 1.95. The Morgan fingerprint density at radius 1 is 1.04 bits per heavy atom. The Hall–Kier alpha value is -2.09. The SMILES string of the molecule is COc1cc(C(=O)NNC(=O)CSc2cc(Cl)ccc2Cl)cc(OC)c1C. The largest absolute Gasteiger partial charge is 0.496 e. The summed E-state index contributed by atoms with van der Waals surface area (Å²) in [6.07, 6.45) is 0. The fourth-order valence-electron chi connectivity index (χ4n) is 2.18. The van der Waals surface area contributed by atoms with Gasteiger partial charge in [-0.3, -0.25) is 20.4 Å². The van der Waals surface area contributed by atoms with E-state index in [1.165, 1.54) is 26.0 Å². The molecule has 0 saturated heterocycles. The number of rotatable bonds is 6. The number of hydrogen-bond acceptors (Lipinski definition) is 5. The van der Waals surface area contributed by atoms with Crippen molar-refractivity contribution in [3.8, 4) is 11.5 Å². The molecule has 0 fully saturated rings. The van der Waals surface area contributed by atoms with Gasteiger partial charge in [-0.1, -0.05) is 23.2 Å². The van der Waals surface area contributed by atoms with Gasteiger partial charge in [-0.25, -0.2) is 0 Å². The van der Waals surface area contributed by atoms with Gasteiger partial charge in [0.1, 0.15) is 11.5 Å². The van der Waals surface area contributed by atoms with Crippen molar-refractivity contribution in [2.75, 3.05) is 20.0 Å². The molecule has 2 aromatic carbocycles. The first-order chi connectivity index (χ1) is 12.8. The van der Waals surface area contributed by atoms with Crippen LogP contribution < -0.4 is 20.3 Å². The molecule has 0 aliphatic rings. The fraction of sp³-hybridized carbons (Fsp3) is 0.222. The Morgan fingerprint density at radius 2 is 1.67 bits per heavy atom. The Bertz CT molecular complexity index is 836. The maximum absolute atomic E-state index is 12.3. The first-order valence-electron chi connectivity index (χ1n) is 7.75. The number of hydrazine groups is 1. The molecule has 0 aliphatic heterocycles. The van der Waals surface area contributed by atoms with Crippen molar-refractivity contribution in [3.05, 3.63) is 51.5 Å². The highest BCUT2D eigenvalue weighted by molar-refractivity contribution is 8.00. The molecule has 2 amide bonds. The third kappa shape index (κ3) is 5.69. The van der Waals surface area contributed by atoms with Gasteiger partial charge < -0.3 is 9.47 Å². The number of hydrogen-bond donors (Lipinski definition) is 2. The average molecular weight is 429 g/mol. The van der Waals surface area contributed by atoms with Crippen LogP contribution in [0.25, 0.3) is 0 Å². The minimum absolute atomic E-state index is 0.0564. The molecule has 2 rings (SSSR count). The van der Waals surface area contributed by atoms with Crippen LogP contribution in [0.1, 0.15) is 15.9 Å². The fourth-order valence-corrected chi connectivity index (χ4v) is 3.48. The zero-order valence-corrected chi connectivity index (χ0v) is 17.2. The average Bonchev–Trinajstić information content (AvgIpc) is 2.66. The second kappa shape index (κ2) is 9.73. The van der Waals surface area contributed by atoms with Crippen LogP contribution >= 0.6 is 35.0 Å². The van der Waals surface area contributed by atoms with E-state index in [1.54, 1.807) is 30.3 Å². The molecule has 0 aromatic heterocycles. The van der Waals surface area contributed by atoms with Crippen LogP contribution in [-0.4, -0.2) is 31.8 Å². The van der Waals surface area contributed by atoms with E-state index < -0.39 is 11.8 Å². The number of ether oxygens (including phenoxy) is 2. The molecule has 0 aliphatic carbocycles. The van der Waals surface area contributed by atoms with Crippen LogP contribution in [0.15, 0.2) is 35.2 Å². The first kappa shape index (κ1) is 21.2. The van der Waals surface area contributed by atoms with Crippen LogP contribution in [0.5, 0.6) is 11.5 Å². The van der Waals surface area contributed by atoms with Gasteiger partial charge in [0.15, 0.2) is 0 Å². The highest BCUT2D eigenvalue weighted by Gasteiger charge is 2.14. The molecular formula is C18H18Cl2N2O4S. The van der Waals surface area contributed by atoms with Gasteiger partial charge in [0.05, 0.1) is 25.0 Å². The van der Waals surface area contributed by atoms with E-state index in [-0.39, 0.29) is 5.75 Å². The van der Waals surface area contributed by atoms with Crippen LogP contribution in [0.2, 0.25) is 10.0 Å². The van der Waals surface area contributed by atoms with E-state index in [1.807, 2.05) is 6.92 Å². The molecule has 0 unspecified atom stereocenters. The lowest BCUT2D eigenvalue weighted by atomic mass is 10.1. The molecule has 2 aromatic rings. The topological polar surface area (TPSA) is 76.7 Å². The molecular weight excluding hydrogens is 411 g/mol. The maximum Gasteiger partial charge on any atom is 0.269 e. The Labute approximate surface area is 171 Å². The Morgan fingerprint density at radius 3 is 2.26 bits per heavy atom. The minimum atomic E-state index is -0.495. The summed E-state index contributed by atoms with van der Waals surface area (Å²) in [5, 5.41) is 1.03. The number of nitrogens with one attached hydrogen (secondary N) is 2. The van der Waals surface area contributed by atoms with E-state index in [2.05, 4.69) is 10.9 Å². The number of thioether (sulfide) groups is 1. The van der Waals surface area contributed by atoms with Gasteiger partial charge in [0.2, 0.25) is 5.91 Å². The normalized spacial score (nSPS) is 10.3. The molecule has 0 radical (unpaired) electrons. The first-order valence-corrected chi connectivity index (χ1v) is 9.49. The smallest absolute Gasteiger partial charge is 0.269 e. The van der Waals surface area contributed by atoms with Crippen LogP contribution in [0, 0.1) is 6.92 Å². The standard InChI is InChI=1S/C18H18Cl2N2O4S/c1-10-14(25-2)6-11(7-15(10)26-3)18(24)22-21-17(23)9-27-16-8-12(19)4-5-13(16)20/h4-8H,9H2,1-3H3,(H,21,23)(H,22,24). The lowest BCUT2D eigenvalue weighted by Crippen LogP contribution is -2.42. The van der Waals surface area contributed by atoms with Crippen LogP contribution in [0.4, 0.5) is 0 Å². The molecule has 6 nitrogen and oxygen atoms in total. The second-order valence-electron chi connectivity index (χ2n) is 5.37. The summed E-state index contributed by atoms with van der Waals surface area (Å²) in [4.78, 5) is 24.9. The van der Waals surface area contributed by atoms with Crippen LogP contribution in [-0.2, 0) is 4.79 Å². The molecule has 9 heteroatoms. The third-order valence-electron chi connectivity index (χ3n) is 3.58. The molecule has 0 saturated carbocycles. The predicted octanol–water partition coefficient (Wildman–Crippen LogP) is 3.87. The van der Waals surface area contributed by atoms with Crippen LogP contribution in [0.3, 0.4) is 0 Å². The van der Waals surface area contributed by atoms with Gasteiger partial charge in [-0.2, -0.15) is 0 Å². The van der Waals surface area contributed by atoms with Crippen molar-refractivity contribution in [2.45, 2.75) is 11.8 Å². The molecule has 0 spiro atoms. The number of methoxy groups -OCH3 is 2. The molecule has 2 N–H and O–H groups in total. The van der Waals surface area contributed by atoms with E-state index in [0.717, 1.165) is 5.56 Å². The third-order valence-corrected chi connectivity index (χ3v) is 5.31. The molecule has 0 bridgehead atoms. The number of carbonyl (C=O) groups excluding carboxylic acids is 2. The van der Waals surface area contributed by atoms with Crippen molar-refractivity contribution < 1.29 is 19.1 Å². The predicted molar refractivity (Wildman–Crippen MR) is 107 cm³/mol. The number of benzene rings is 2. The highest BCUT2D eigenvalue weighted by atomic mass is 35.5. The highest BCUT2D eigenvalue weighted by Crippen LogP contribution is 2.30. The zero-order valence-electron chi connectivity index (χ0n) is 14.9. The summed E-state index contributed by atoms with van der Waals surface area (Å²) in [6.45, 7) is 1.82. The van der Waals surface area contributed by atoms with Crippen molar-refractivity contribution in [3.63, 3.8) is 0 Å². The van der Waals surface area contributed by atoms with E-state index in [0.29, 0.717) is 32.0 Å². The van der Waals surface area contributed by atoms with Gasteiger partial charge in [0.25, 0.3) is 5.91 Å². The monoisotopic (exact) mass is 428 g/mol. The Kier molecular flexibility index (Phi) is 7.65. The maximum atomic E-state index is 12.3. The molecule has 0 atom stereocenters. The molecule has 144 valence electrons. The summed E-state index contributed by atoms with van der Waals surface area (Å²) in [6, 6.07) is 8.13. The summed E-state index contributed by atoms with van der Waals surface area (Å²) in [7, 11) is 3.01. The van der Waals surface area contributed by atoms with Gasteiger partial charge in [-0.15, -0.1) is 11.8 Å². The summed E-state index contributed by atoms with van der Waals surface area (Å²) < 4.78 is 10.5. The lowest BCUT2D eigenvalue weighted by molar-refractivity contribution is -0.119. The van der Waals surface area contributed by atoms with Gasteiger partial charge in [0, 0.05) is 21.0 Å². The van der Waals surface area contributed by atoms with Crippen molar-refractivity contribution >= 4 is 46.8 Å². The summed E-state index contributed by atoms with van der Waals surface area (Å²) in [5.41, 5.74) is 5.78. The second-order valence-corrected chi connectivity index (χ2v) is 7.23. The minimum Gasteiger partial charge on any atom is -0.496 e. The van der Waals surface area contributed by atoms with E-state index in [9.17, 15) is 9.59 Å². The van der Waals surface area contributed by atoms with Gasteiger partial charge in [-0.05, 0) is 37.3 Å². The van der Waals surface area contributed by atoms with Crippen molar-refractivity contribution in [2.24, 2.45) is 0 Å².